The summed E-state index contributed by atoms with van der Waals surface area (Å²) in [5.41, 5.74) is 2.48. The number of hydrogen-bond donors (Lipinski definition) is 1. The minimum atomic E-state index is -0.0174. The van der Waals surface area contributed by atoms with Gasteiger partial charge in [-0.2, -0.15) is 0 Å². The fourth-order valence-corrected chi connectivity index (χ4v) is 6.25. The molecule has 1 aromatic heterocycles. The summed E-state index contributed by atoms with van der Waals surface area (Å²) < 4.78 is 5.77. The molecule has 0 unspecified atom stereocenters. The first-order valence-electron chi connectivity index (χ1n) is 11.1. The van der Waals surface area contributed by atoms with Crippen LogP contribution in [0.5, 0.6) is 0 Å². The van der Waals surface area contributed by atoms with E-state index in [-0.39, 0.29) is 12.0 Å². The van der Waals surface area contributed by atoms with Crippen molar-refractivity contribution in [3.05, 3.63) is 53.4 Å². The molecule has 3 heterocycles. The van der Waals surface area contributed by atoms with E-state index < -0.39 is 0 Å². The lowest BCUT2D eigenvalue weighted by Gasteiger charge is -2.36. The normalized spacial score (nSPS) is 30.9. The number of rotatable bonds is 6. The molecule has 3 fully saturated rings. The first-order chi connectivity index (χ1) is 13.8. The largest absolute Gasteiger partial charge is 0.396 e. The van der Waals surface area contributed by atoms with Crippen LogP contribution >= 0.6 is 0 Å². The van der Waals surface area contributed by atoms with Gasteiger partial charge in [-0.3, -0.25) is 4.90 Å². The van der Waals surface area contributed by atoms with Gasteiger partial charge in [0, 0.05) is 29.5 Å². The Bertz CT molecular complexity index is 783. The van der Waals surface area contributed by atoms with Crippen molar-refractivity contribution in [2.24, 2.45) is 5.41 Å². The van der Waals surface area contributed by atoms with Gasteiger partial charge in [0.25, 0.3) is 0 Å². The Hall–Kier alpha value is -1.65. The molecule has 2 saturated heterocycles. The number of aliphatic hydroxyl groups is 1. The summed E-state index contributed by atoms with van der Waals surface area (Å²) in [6, 6.07) is 13.9. The quantitative estimate of drug-likeness (QED) is 0.790. The smallest absolute Gasteiger partial charge is 0.151 e. The van der Waals surface area contributed by atoms with Gasteiger partial charge >= 0.3 is 0 Å². The maximum absolute atomic E-state index is 10.4. The van der Waals surface area contributed by atoms with Crippen LogP contribution in [0.2, 0.25) is 0 Å². The highest BCUT2D eigenvalue weighted by molar-refractivity contribution is 5.21. The highest BCUT2D eigenvalue weighted by atomic mass is 16.5. The van der Waals surface area contributed by atoms with Crippen LogP contribution in [0.3, 0.4) is 0 Å². The number of hydrogen-bond acceptors (Lipinski definition) is 4. The van der Waals surface area contributed by atoms with Gasteiger partial charge in [-0.05, 0) is 44.1 Å². The summed E-state index contributed by atoms with van der Waals surface area (Å²) in [4.78, 5) is 2.60. The van der Waals surface area contributed by atoms with E-state index >= 15 is 0 Å². The van der Waals surface area contributed by atoms with Crippen LogP contribution in [0.25, 0.3) is 0 Å². The van der Waals surface area contributed by atoms with E-state index in [0.717, 1.165) is 25.1 Å². The van der Waals surface area contributed by atoms with Crippen molar-refractivity contribution in [1.29, 1.82) is 0 Å². The van der Waals surface area contributed by atoms with Crippen molar-refractivity contribution in [1.82, 2.24) is 10.1 Å². The number of fused-ring (bicyclic) bond motifs is 2. The standard InChI is InChI=1S/C24H32N2O2/c27-17-24(14-18-7-3-1-4-8-18)15-20-11-12-23(24)26(20)16-21-13-22(25-28-21)19-9-5-2-6-10-19/h1,3-4,7-8,13,19-20,23,27H,2,5-6,9-12,14-17H2/t20-,23+,24-/m1/s1. The molecule has 0 spiro atoms. The molecule has 1 aromatic carbocycles. The lowest BCUT2D eigenvalue weighted by molar-refractivity contribution is 0.0728. The van der Waals surface area contributed by atoms with E-state index in [1.807, 2.05) is 0 Å². The summed E-state index contributed by atoms with van der Waals surface area (Å²) in [6.07, 6.45) is 11.0. The summed E-state index contributed by atoms with van der Waals surface area (Å²) >= 11 is 0. The maximum Gasteiger partial charge on any atom is 0.151 e. The Balaban J connectivity index is 1.31. The second kappa shape index (κ2) is 7.64. The summed E-state index contributed by atoms with van der Waals surface area (Å²) in [5.74, 6) is 1.60. The zero-order chi connectivity index (χ0) is 19.0. The highest BCUT2D eigenvalue weighted by Crippen LogP contribution is 2.51. The lowest BCUT2D eigenvalue weighted by Crippen LogP contribution is -2.41. The molecule has 2 aliphatic heterocycles. The molecule has 4 heteroatoms. The lowest BCUT2D eigenvalue weighted by atomic mass is 9.70. The Morgan fingerprint density at radius 1 is 1.07 bits per heavy atom. The molecular formula is C24H32N2O2. The third-order valence-electron chi connectivity index (χ3n) is 7.64. The molecule has 4 nitrogen and oxygen atoms in total. The number of aliphatic hydroxyl groups excluding tert-OH is 1. The molecular weight excluding hydrogens is 348 g/mol. The number of aromatic nitrogens is 1. The predicted octanol–water partition coefficient (Wildman–Crippen LogP) is 4.68. The molecule has 1 N–H and O–H groups in total. The van der Waals surface area contributed by atoms with E-state index in [4.69, 9.17) is 4.52 Å². The zero-order valence-electron chi connectivity index (χ0n) is 16.7. The van der Waals surface area contributed by atoms with Crippen molar-refractivity contribution in [3.63, 3.8) is 0 Å². The Morgan fingerprint density at radius 3 is 2.68 bits per heavy atom. The summed E-state index contributed by atoms with van der Waals surface area (Å²) in [5, 5.41) is 14.8. The average molecular weight is 381 g/mol. The van der Waals surface area contributed by atoms with Gasteiger partial charge in [0.1, 0.15) is 0 Å². The molecule has 1 aliphatic carbocycles. The van der Waals surface area contributed by atoms with Crippen LogP contribution in [-0.4, -0.2) is 33.9 Å². The Kier molecular flexibility index (Phi) is 5.02. The molecule has 3 atom stereocenters. The number of nitrogens with zero attached hydrogens (tertiary/aromatic N) is 2. The van der Waals surface area contributed by atoms with Crippen molar-refractivity contribution in [2.75, 3.05) is 6.61 Å². The van der Waals surface area contributed by atoms with Crippen molar-refractivity contribution in [2.45, 2.75) is 82.3 Å². The number of benzene rings is 1. The summed E-state index contributed by atoms with van der Waals surface area (Å²) in [7, 11) is 0. The SMILES string of the molecule is OC[C@@]1(Cc2ccccc2)C[C@H]2CC[C@@H]1N2Cc1cc(C2CCCCC2)no1. The zero-order valence-corrected chi connectivity index (χ0v) is 16.7. The molecule has 1 saturated carbocycles. The van der Waals surface area contributed by atoms with E-state index in [9.17, 15) is 5.11 Å². The highest BCUT2D eigenvalue weighted by Gasteiger charge is 2.55. The second-order valence-corrected chi connectivity index (χ2v) is 9.36. The average Bonchev–Trinajstić information content (AvgIpc) is 3.44. The topological polar surface area (TPSA) is 49.5 Å². The maximum atomic E-state index is 10.4. The molecule has 5 rings (SSSR count). The fourth-order valence-electron chi connectivity index (χ4n) is 6.25. The molecule has 0 amide bonds. The first-order valence-corrected chi connectivity index (χ1v) is 11.1. The van der Waals surface area contributed by atoms with E-state index in [1.54, 1.807) is 0 Å². The van der Waals surface area contributed by atoms with Crippen LogP contribution in [-0.2, 0) is 13.0 Å². The van der Waals surface area contributed by atoms with Crippen LogP contribution in [0, 0.1) is 5.41 Å². The van der Waals surface area contributed by atoms with Crippen molar-refractivity contribution >= 4 is 0 Å². The van der Waals surface area contributed by atoms with Crippen molar-refractivity contribution in [3.8, 4) is 0 Å². The molecule has 2 bridgehead atoms. The molecule has 3 aliphatic rings. The monoisotopic (exact) mass is 380 g/mol. The van der Waals surface area contributed by atoms with Gasteiger partial charge < -0.3 is 9.63 Å². The van der Waals surface area contributed by atoms with Crippen LogP contribution in [0.15, 0.2) is 40.9 Å². The van der Waals surface area contributed by atoms with Gasteiger partial charge in [-0.25, -0.2) is 0 Å². The van der Waals surface area contributed by atoms with E-state index in [1.165, 1.54) is 56.2 Å². The van der Waals surface area contributed by atoms with Gasteiger partial charge in [0.2, 0.25) is 0 Å². The van der Waals surface area contributed by atoms with Gasteiger partial charge in [-0.15, -0.1) is 0 Å². The van der Waals surface area contributed by atoms with Gasteiger partial charge in [-0.1, -0.05) is 54.8 Å². The van der Waals surface area contributed by atoms with Gasteiger partial charge in [0.05, 0.1) is 18.8 Å². The van der Waals surface area contributed by atoms with E-state index in [2.05, 4.69) is 46.5 Å². The molecule has 150 valence electrons. The summed E-state index contributed by atoms with van der Waals surface area (Å²) in [6.45, 7) is 1.11. The minimum Gasteiger partial charge on any atom is -0.396 e. The van der Waals surface area contributed by atoms with E-state index in [0.29, 0.717) is 18.0 Å². The Labute approximate surface area is 167 Å². The fraction of sp³-hybridized carbons (Fsp3) is 0.625. The second-order valence-electron chi connectivity index (χ2n) is 9.36. The van der Waals surface area contributed by atoms with Gasteiger partial charge in [0.15, 0.2) is 5.76 Å². The van der Waals surface area contributed by atoms with Crippen LogP contribution < -0.4 is 0 Å². The predicted molar refractivity (Wildman–Crippen MR) is 109 cm³/mol. The minimum absolute atomic E-state index is 0.0174. The first kappa shape index (κ1) is 18.4. The molecule has 2 aromatic rings. The van der Waals surface area contributed by atoms with Crippen LogP contribution in [0.4, 0.5) is 0 Å². The third-order valence-corrected chi connectivity index (χ3v) is 7.64. The van der Waals surface area contributed by atoms with Crippen LogP contribution in [0.1, 0.15) is 74.3 Å². The molecule has 0 radical (unpaired) electrons. The molecule has 28 heavy (non-hydrogen) atoms. The Morgan fingerprint density at radius 2 is 1.89 bits per heavy atom. The third kappa shape index (κ3) is 3.31. The van der Waals surface area contributed by atoms with Crippen molar-refractivity contribution < 1.29 is 9.63 Å².